The first-order valence-electron chi connectivity index (χ1n) is 8.68. The number of carbonyl (C=O) groups excluding carboxylic acids is 1. The largest absolute Gasteiger partial charge is 0.364 e. The van der Waals surface area contributed by atoms with Crippen molar-refractivity contribution in [3.05, 3.63) is 35.4 Å². The molecule has 1 aromatic rings. The van der Waals surface area contributed by atoms with Gasteiger partial charge in [0.15, 0.2) is 0 Å². The lowest BCUT2D eigenvalue weighted by atomic mass is 10.1. The maximum absolute atomic E-state index is 14.0. The van der Waals surface area contributed by atoms with E-state index in [4.69, 9.17) is 10.5 Å². The van der Waals surface area contributed by atoms with E-state index in [-0.39, 0.29) is 37.0 Å². The summed E-state index contributed by atoms with van der Waals surface area (Å²) in [5.41, 5.74) is 5.95. The maximum atomic E-state index is 14.0. The Morgan fingerprint density at radius 2 is 1.92 bits per heavy atom. The molecule has 0 aromatic heterocycles. The number of nitrogens with zero attached hydrogens (tertiary/aromatic N) is 1. The first-order chi connectivity index (χ1) is 11.6. The maximum Gasteiger partial charge on any atom is 0.252 e. The van der Waals surface area contributed by atoms with Gasteiger partial charge >= 0.3 is 0 Å². The van der Waals surface area contributed by atoms with E-state index in [9.17, 15) is 13.6 Å². The van der Waals surface area contributed by atoms with E-state index in [1.807, 2.05) is 0 Å². The van der Waals surface area contributed by atoms with Crippen LogP contribution < -0.4 is 5.73 Å². The monoisotopic (exact) mass is 374 g/mol. The third-order valence-corrected chi connectivity index (χ3v) is 5.05. The van der Waals surface area contributed by atoms with Gasteiger partial charge in [0.2, 0.25) is 0 Å². The van der Waals surface area contributed by atoms with Gasteiger partial charge in [0.05, 0.1) is 6.10 Å². The van der Waals surface area contributed by atoms with E-state index in [0.29, 0.717) is 18.5 Å². The zero-order valence-corrected chi connectivity index (χ0v) is 14.9. The van der Waals surface area contributed by atoms with Crippen molar-refractivity contribution >= 4 is 18.3 Å². The van der Waals surface area contributed by atoms with E-state index in [0.717, 1.165) is 38.2 Å². The fourth-order valence-corrected chi connectivity index (χ4v) is 3.68. The van der Waals surface area contributed by atoms with Gasteiger partial charge in [0.25, 0.3) is 5.91 Å². The summed E-state index contributed by atoms with van der Waals surface area (Å²) in [5, 5.41) is 0. The summed E-state index contributed by atoms with van der Waals surface area (Å²) in [4.78, 5) is 14.7. The standard InChI is InChI=1S/C18H24F2N2O2.ClH/c19-13-6-5-12(16(20)9-13)11-22(14-3-1-2-4-14)18(23)17-8-7-15(10-21)24-17;/h5-6,9,14-15,17H,1-4,7-8,10-11,21H2;1H/t15-,17+;/m1./s1. The Balaban J connectivity index is 0.00000225. The third kappa shape index (κ3) is 4.68. The van der Waals surface area contributed by atoms with Crippen LogP contribution in [0, 0.1) is 11.6 Å². The number of amides is 1. The van der Waals surface area contributed by atoms with Crippen LogP contribution in [-0.4, -0.2) is 35.6 Å². The van der Waals surface area contributed by atoms with Crippen molar-refractivity contribution < 1.29 is 18.3 Å². The second-order valence-corrected chi connectivity index (χ2v) is 6.70. The molecule has 140 valence electrons. The Hall–Kier alpha value is -1.24. The summed E-state index contributed by atoms with van der Waals surface area (Å²) in [5.74, 6) is -1.32. The molecule has 0 spiro atoms. The zero-order valence-electron chi connectivity index (χ0n) is 14.1. The molecule has 7 heteroatoms. The normalized spacial score (nSPS) is 23.5. The minimum Gasteiger partial charge on any atom is -0.364 e. The van der Waals surface area contributed by atoms with Gasteiger partial charge in [-0.25, -0.2) is 8.78 Å². The zero-order chi connectivity index (χ0) is 17.1. The van der Waals surface area contributed by atoms with Gasteiger partial charge in [0.1, 0.15) is 17.7 Å². The molecule has 25 heavy (non-hydrogen) atoms. The summed E-state index contributed by atoms with van der Waals surface area (Å²) in [7, 11) is 0. The summed E-state index contributed by atoms with van der Waals surface area (Å²) in [6, 6.07) is 3.61. The van der Waals surface area contributed by atoms with Gasteiger partial charge in [-0.2, -0.15) is 0 Å². The second kappa shape index (κ2) is 8.92. The van der Waals surface area contributed by atoms with E-state index < -0.39 is 17.7 Å². The molecule has 1 amide bonds. The predicted octanol–water partition coefficient (Wildman–Crippen LogP) is 3.16. The van der Waals surface area contributed by atoms with Crippen molar-refractivity contribution in [2.75, 3.05) is 6.54 Å². The number of nitrogens with two attached hydrogens (primary N) is 1. The molecule has 0 bridgehead atoms. The third-order valence-electron chi connectivity index (χ3n) is 5.05. The quantitative estimate of drug-likeness (QED) is 0.861. The molecule has 1 aliphatic carbocycles. The van der Waals surface area contributed by atoms with Crippen LogP contribution in [0.3, 0.4) is 0 Å². The molecule has 2 aliphatic rings. The Bertz CT molecular complexity index is 596. The number of halogens is 3. The highest BCUT2D eigenvalue weighted by Crippen LogP contribution is 2.29. The molecule has 1 heterocycles. The highest BCUT2D eigenvalue weighted by molar-refractivity contribution is 5.85. The molecule has 1 saturated carbocycles. The van der Waals surface area contributed by atoms with Crippen LogP contribution in [0.25, 0.3) is 0 Å². The summed E-state index contributed by atoms with van der Waals surface area (Å²) in [6.45, 7) is 0.558. The summed E-state index contributed by atoms with van der Waals surface area (Å²) >= 11 is 0. The molecule has 0 unspecified atom stereocenters. The number of hydrogen-bond acceptors (Lipinski definition) is 3. The molecule has 4 nitrogen and oxygen atoms in total. The van der Waals surface area contributed by atoms with Crippen molar-refractivity contribution in [2.45, 2.75) is 63.3 Å². The van der Waals surface area contributed by atoms with Crippen molar-refractivity contribution in [3.63, 3.8) is 0 Å². The second-order valence-electron chi connectivity index (χ2n) is 6.70. The Labute approximate surface area is 153 Å². The molecule has 3 rings (SSSR count). The lowest BCUT2D eigenvalue weighted by molar-refractivity contribution is -0.145. The van der Waals surface area contributed by atoms with E-state index >= 15 is 0 Å². The SMILES string of the molecule is Cl.NC[C@H]1CC[C@@H](C(=O)N(Cc2ccc(F)cc2F)C2CCCC2)O1. The number of benzene rings is 1. The van der Waals surface area contributed by atoms with Crippen molar-refractivity contribution in [1.29, 1.82) is 0 Å². The fraction of sp³-hybridized carbons (Fsp3) is 0.611. The van der Waals surface area contributed by atoms with E-state index in [1.54, 1.807) is 4.90 Å². The van der Waals surface area contributed by atoms with Gasteiger partial charge in [-0.1, -0.05) is 18.9 Å². The van der Waals surface area contributed by atoms with Gasteiger partial charge < -0.3 is 15.4 Å². The molecule has 2 N–H and O–H groups in total. The minimum absolute atomic E-state index is 0. The minimum atomic E-state index is -0.613. The molecule has 2 atom stereocenters. The first kappa shape index (κ1) is 20.1. The van der Waals surface area contributed by atoms with Gasteiger partial charge in [-0.05, 0) is 31.7 Å². The smallest absolute Gasteiger partial charge is 0.252 e. The van der Waals surface area contributed by atoms with E-state index in [2.05, 4.69) is 0 Å². The lowest BCUT2D eigenvalue weighted by Gasteiger charge is -2.31. The van der Waals surface area contributed by atoms with Crippen molar-refractivity contribution in [1.82, 2.24) is 4.90 Å². The molecule has 1 aromatic carbocycles. The van der Waals surface area contributed by atoms with Gasteiger partial charge in [-0.3, -0.25) is 4.79 Å². The summed E-state index contributed by atoms with van der Waals surface area (Å²) < 4.78 is 32.9. The molecule has 1 aliphatic heterocycles. The van der Waals surface area contributed by atoms with Crippen LogP contribution in [0.5, 0.6) is 0 Å². The van der Waals surface area contributed by atoms with Crippen LogP contribution in [0.2, 0.25) is 0 Å². The van der Waals surface area contributed by atoms with Crippen LogP contribution in [0.4, 0.5) is 8.78 Å². The Kier molecular flexibility index (Phi) is 7.16. The van der Waals surface area contributed by atoms with Crippen LogP contribution >= 0.6 is 12.4 Å². The highest BCUT2D eigenvalue weighted by Gasteiger charge is 2.36. The number of carbonyl (C=O) groups is 1. The number of ether oxygens (including phenoxy) is 1. The topological polar surface area (TPSA) is 55.6 Å². The molecule has 2 fully saturated rings. The van der Waals surface area contributed by atoms with Crippen LogP contribution in [-0.2, 0) is 16.1 Å². The van der Waals surface area contributed by atoms with Crippen molar-refractivity contribution in [2.24, 2.45) is 5.73 Å². The van der Waals surface area contributed by atoms with Crippen LogP contribution in [0.1, 0.15) is 44.1 Å². The van der Waals surface area contributed by atoms with E-state index in [1.165, 1.54) is 12.1 Å². The average Bonchev–Trinajstić information content (AvgIpc) is 3.25. The van der Waals surface area contributed by atoms with Gasteiger partial charge in [0, 0.05) is 30.8 Å². The van der Waals surface area contributed by atoms with Crippen LogP contribution in [0.15, 0.2) is 18.2 Å². The fourth-order valence-electron chi connectivity index (χ4n) is 3.68. The molecular weight excluding hydrogens is 350 g/mol. The lowest BCUT2D eigenvalue weighted by Crippen LogP contribution is -2.44. The number of hydrogen-bond donors (Lipinski definition) is 1. The summed E-state index contributed by atoms with van der Waals surface area (Å²) in [6.07, 6.45) is 4.82. The highest BCUT2D eigenvalue weighted by atomic mass is 35.5. The van der Waals surface area contributed by atoms with Gasteiger partial charge in [-0.15, -0.1) is 12.4 Å². The Morgan fingerprint density at radius 3 is 2.52 bits per heavy atom. The molecular formula is C18H25ClF2N2O2. The average molecular weight is 375 g/mol. The molecule has 1 saturated heterocycles. The Morgan fingerprint density at radius 1 is 1.20 bits per heavy atom. The van der Waals surface area contributed by atoms with Crippen molar-refractivity contribution in [3.8, 4) is 0 Å². The first-order valence-corrected chi connectivity index (χ1v) is 8.68. The number of rotatable bonds is 5. The molecule has 0 radical (unpaired) electrons. The predicted molar refractivity (Wildman–Crippen MR) is 93.4 cm³/mol.